The van der Waals surface area contributed by atoms with Crippen molar-refractivity contribution in [1.82, 2.24) is 9.97 Å². The molecule has 4 rings (SSSR count). The standard InChI is InChI=1S/C22H18N4/c23-17-8-4-15(5-9-17)19-12-14-26-22(20-3-1-2-13-25-20)21(19)16-6-10-18(24)11-7-16/h1-14H,23-24H2. The molecular formula is C22H18N4. The van der Waals surface area contributed by atoms with Gasteiger partial charge in [0, 0.05) is 29.3 Å². The molecule has 0 aliphatic carbocycles. The summed E-state index contributed by atoms with van der Waals surface area (Å²) in [6, 6.07) is 23.5. The number of rotatable bonds is 3. The first kappa shape index (κ1) is 15.8. The fourth-order valence-electron chi connectivity index (χ4n) is 3.00. The molecule has 4 heteroatoms. The lowest BCUT2D eigenvalue weighted by Gasteiger charge is -2.15. The molecule has 4 nitrogen and oxygen atoms in total. The number of aromatic nitrogens is 2. The van der Waals surface area contributed by atoms with Crippen molar-refractivity contribution in [3.05, 3.63) is 85.2 Å². The number of anilines is 2. The first-order chi connectivity index (χ1) is 12.7. The second-order valence-corrected chi connectivity index (χ2v) is 6.04. The Morgan fingerprint density at radius 2 is 1.23 bits per heavy atom. The van der Waals surface area contributed by atoms with Crippen LogP contribution in [0.4, 0.5) is 11.4 Å². The summed E-state index contributed by atoms with van der Waals surface area (Å²) in [4.78, 5) is 9.13. The van der Waals surface area contributed by atoms with Gasteiger partial charge in [0.1, 0.15) is 0 Å². The van der Waals surface area contributed by atoms with Crippen LogP contribution in [0.25, 0.3) is 33.6 Å². The maximum atomic E-state index is 5.88. The number of benzene rings is 2. The second-order valence-electron chi connectivity index (χ2n) is 6.04. The lowest BCUT2D eigenvalue weighted by atomic mass is 9.92. The monoisotopic (exact) mass is 338 g/mol. The zero-order valence-electron chi connectivity index (χ0n) is 14.1. The number of hydrogen-bond donors (Lipinski definition) is 2. The van der Waals surface area contributed by atoms with Crippen molar-refractivity contribution in [3.63, 3.8) is 0 Å². The Balaban J connectivity index is 2.00. The summed E-state index contributed by atoms with van der Waals surface area (Å²) < 4.78 is 0. The largest absolute Gasteiger partial charge is 0.399 e. The van der Waals surface area contributed by atoms with Gasteiger partial charge in [0.15, 0.2) is 0 Å². The third-order valence-corrected chi connectivity index (χ3v) is 4.28. The molecule has 2 aromatic heterocycles. The van der Waals surface area contributed by atoms with Crippen LogP contribution in [0.5, 0.6) is 0 Å². The average molecular weight is 338 g/mol. The van der Waals surface area contributed by atoms with Crippen LogP contribution in [0.15, 0.2) is 85.2 Å². The Morgan fingerprint density at radius 1 is 0.577 bits per heavy atom. The summed E-state index contributed by atoms with van der Waals surface area (Å²) >= 11 is 0. The number of nitrogens with two attached hydrogens (primary N) is 2. The first-order valence-electron chi connectivity index (χ1n) is 8.34. The van der Waals surface area contributed by atoms with Crippen molar-refractivity contribution < 1.29 is 0 Å². The van der Waals surface area contributed by atoms with Gasteiger partial charge >= 0.3 is 0 Å². The van der Waals surface area contributed by atoms with Gasteiger partial charge in [0.2, 0.25) is 0 Å². The molecule has 126 valence electrons. The van der Waals surface area contributed by atoms with Gasteiger partial charge < -0.3 is 11.5 Å². The molecule has 0 unspecified atom stereocenters. The highest BCUT2D eigenvalue weighted by Gasteiger charge is 2.16. The molecule has 0 aliphatic rings. The molecule has 2 heterocycles. The summed E-state index contributed by atoms with van der Waals surface area (Å²) in [6.07, 6.45) is 3.59. The van der Waals surface area contributed by atoms with Gasteiger partial charge in [0.05, 0.1) is 11.4 Å². The van der Waals surface area contributed by atoms with E-state index in [0.29, 0.717) is 0 Å². The molecule has 0 aliphatic heterocycles. The van der Waals surface area contributed by atoms with E-state index < -0.39 is 0 Å². The molecule has 0 saturated carbocycles. The number of nitrogen functional groups attached to an aromatic ring is 2. The van der Waals surface area contributed by atoms with E-state index >= 15 is 0 Å². The van der Waals surface area contributed by atoms with Crippen LogP contribution < -0.4 is 11.5 Å². The van der Waals surface area contributed by atoms with Crippen molar-refractivity contribution in [2.24, 2.45) is 0 Å². The lowest BCUT2D eigenvalue weighted by Crippen LogP contribution is -1.95. The third-order valence-electron chi connectivity index (χ3n) is 4.28. The number of nitrogens with zero attached hydrogens (tertiary/aromatic N) is 2. The van der Waals surface area contributed by atoms with E-state index in [-0.39, 0.29) is 0 Å². The molecular weight excluding hydrogens is 320 g/mol. The maximum absolute atomic E-state index is 5.88. The van der Waals surface area contributed by atoms with Crippen molar-refractivity contribution in [2.75, 3.05) is 11.5 Å². The highest BCUT2D eigenvalue weighted by atomic mass is 14.8. The molecule has 4 N–H and O–H groups in total. The van der Waals surface area contributed by atoms with Crippen LogP contribution in [0, 0.1) is 0 Å². The Hall–Kier alpha value is -3.66. The SMILES string of the molecule is Nc1ccc(-c2ccnc(-c3ccccn3)c2-c2ccc(N)cc2)cc1. The van der Waals surface area contributed by atoms with Gasteiger partial charge in [-0.2, -0.15) is 0 Å². The molecule has 26 heavy (non-hydrogen) atoms. The quantitative estimate of drug-likeness (QED) is 0.533. The van der Waals surface area contributed by atoms with Gasteiger partial charge in [0.25, 0.3) is 0 Å². The molecule has 0 bridgehead atoms. The Kier molecular flexibility index (Phi) is 4.07. The summed E-state index contributed by atoms with van der Waals surface area (Å²) in [6.45, 7) is 0. The first-order valence-corrected chi connectivity index (χ1v) is 8.34. The zero-order valence-corrected chi connectivity index (χ0v) is 14.1. The third kappa shape index (κ3) is 3.00. The predicted molar refractivity (Wildman–Crippen MR) is 107 cm³/mol. The smallest absolute Gasteiger partial charge is 0.0970 e. The molecule has 0 amide bonds. The second kappa shape index (κ2) is 6.69. The molecule has 0 saturated heterocycles. The van der Waals surface area contributed by atoms with E-state index in [2.05, 4.69) is 9.97 Å². The van der Waals surface area contributed by atoms with Gasteiger partial charge in [-0.1, -0.05) is 30.3 Å². The minimum absolute atomic E-state index is 0.728. The van der Waals surface area contributed by atoms with Crippen LogP contribution in [0.3, 0.4) is 0 Å². The van der Waals surface area contributed by atoms with Crippen molar-refractivity contribution >= 4 is 11.4 Å². The molecule has 0 atom stereocenters. The minimum Gasteiger partial charge on any atom is -0.399 e. The molecule has 0 spiro atoms. The summed E-state index contributed by atoms with van der Waals surface area (Å²) in [5.74, 6) is 0. The lowest BCUT2D eigenvalue weighted by molar-refractivity contribution is 1.25. The molecule has 0 fully saturated rings. The fraction of sp³-hybridized carbons (Fsp3) is 0. The van der Waals surface area contributed by atoms with E-state index in [1.807, 2.05) is 79.0 Å². The van der Waals surface area contributed by atoms with E-state index in [4.69, 9.17) is 11.5 Å². The molecule has 4 aromatic rings. The van der Waals surface area contributed by atoms with Crippen molar-refractivity contribution in [3.8, 4) is 33.6 Å². The van der Waals surface area contributed by atoms with Crippen molar-refractivity contribution in [2.45, 2.75) is 0 Å². The Morgan fingerprint density at radius 3 is 1.85 bits per heavy atom. The number of hydrogen-bond acceptors (Lipinski definition) is 4. The van der Waals surface area contributed by atoms with Crippen LogP contribution in [-0.4, -0.2) is 9.97 Å². The van der Waals surface area contributed by atoms with Crippen LogP contribution in [0.2, 0.25) is 0 Å². The van der Waals surface area contributed by atoms with Gasteiger partial charge in [-0.25, -0.2) is 0 Å². The maximum Gasteiger partial charge on any atom is 0.0970 e. The summed E-state index contributed by atoms with van der Waals surface area (Å²) in [7, 11) is 0. The van der Waals surface area contributed by atoms with Crippen LogP contribution in [0.1, 0.15) is 0 Å². The average Bonchev–Trinajstić information content (AvgIpc) is 2.69. The zero-order chi connectivity index (χ0) is 17.9. The highest BCUT2D eigenvalue weighted by molar-refractivity contribution is 5.92. The van der Waals surface area contributed by atoms with Gasteiger partial charge in [-0.05, 0) is 59.2 Å². The van der Waals surface area contributed by atoms with E-state index in [0.717, 1.165) is 45.0 Å². The van der Waals surface area contributed by atoms with Crippen molar-refractivity contribution in [1.29, 1.82) is 0 Å². The van der Waals surface area contributed by atoms with Crippen LogP contribution >= 0.6 is 0 Å². The highest BCUT2D eigenvalue weighted by Crippen LogP contribution is 2.38. The minimum atomic E-state index is 0.728. The summed E-state index contributed by atoms with van der Waals surface area (Å²) in [5, 5.41) is 0. The molecule has 0 radical (unpaired) electrons. The Bertz CT molecular complexity index is 1020. The van der Waals surface area contributed by atoms with E-state index in [1.54, 1.807) is 6.20 Å². The normalized spacial score (nSPS) is 10.6. The number of pyridine rings is 2. The predicted octanol–water partition coefficient (Wildman–Crippen LogP) is 4.64. The summed E-state index contributed by atoms with van der Waals surface area (Å²) in [5.41, 5.74) is 19.1. The van der Waals surface area contributed by atoms with Gasteiger partial charge in [-0.15, -0.1) is 0 Å². The van der Waals surface area contributed by atoms with E-state index in [9.17, 15) is 0 Å². The topological polar surface area (TPSA) is 77.8 Å². The van der Waals surface area contributed by atoms with Crippen LogP contribution in [-0.2, 0) is 0 Å². The Labute approximate surface area is 152 Å². The molecule has 2 aromatic carbocycles. The fourth-order valence-corrected chi connectivity index (χ4v) is 3.00. The van der Waals surface area contributed by atoms with Gasteiger partial charge in [-0.3, -0.25) is 9.97 Å². The van der Waals surface area contributed by atoms with E-state index in [1.165, 1.54) is 0 Å².